The molecule has 1 nitrogen and oxygen atoms in total. The van der Waals surface area contributed by atoms with E-state index >= 15 is 0 Å². The lowest BCUT2D eigenvalue weighted by atomic mass is 10.1. The van der Waals surface area contributed by atoms with Crippen molar-refractivity contribution in [3.63, 3.8) is 0 Å². The molecule has 0 bridgehead atoms. The highest BCUT2D eigenvalue weighted by atomic mass is 35.5. The predicted molar refractivity (Wildman–Crippen MR) is 44.3 cm³/mol. The number of hydrogen-bond acceptors (Lipinski definition) is 1. The summed E-state index contributed by atoms with van der Waals surface area (Å²) in [6, 6.07) is 0.516. The van der Waals surface area contributed by atoms with Crippen molar-refractivity contribution in [2.75, 3.05) is 6.67 Å². The summed E-state index contributed by atoms with van der Waals surface area (Å²) < 4.78 is 38.0. The molecule has 0 aliphatic rings. The number of hydrogen-bond donors (Lipinski definition) is 1. The van der Waals surface area contributed by atoms with Crippen molar-refractivity contribution in [1.82, 2.24) is 0 Å². The van der Waals surface area contributed by atoms with Crippen LogP contribution in [0.15, 0.2) is 12.1 Å². The molecule has 0 aliphatic carbocycles. The molecule has 5 heteroatoms. The maximum absolute atomic E-state index is 13.0. The van der Waals surface area contributed by atoms with E-state index in [1.54, 1.807) is 0 Å². The van der Waals surface area contributed by atoms with Crippen LogP contribution in [0.3, 0.4) is 0 Å². The first-order valence-electron chi connectivity index (χ1n) is 3.52. The molecule has 0 aliphatic heterocycles. The molecule has 0 amide bonds. The van der Waals surface area contributed by atoms with Gasteiger partial charge in [0.15, 0.2) is 0 Å². The number of halogens is 4. The quantitative estimate of drug-likeness (QED) is 0.796. The maximum atomic E-state index is 13.0. The second-order valence-corrected chi connectivity index (χ2v) is 2.98. The average molecular weight is 210 g/mol. The highest BCUT2D eigenvalue weighted by molar-refractivity contribution is 6.30. The van der Waals surface area contributed by atoms with Gasteiger partial charge in [0.05, 0.1) is 6.04 Å². The molecule has 0 radical (unpaired) electrons. The van der Waals surface area contributed by atoms with Crippen molar-refractivity contribution >= 4 is 11.6 Å². The molecule has 0 heterocycles. The fraction of sp³-hybridized carbons (Fsp3) is 0.250. The van der Waals surface area contributed by atoms with Crippen LogP contribution in [0, 0.1) is 11.6 Å². The normalized spacial score (nSPS) is 13.0. The van der Waals surface area contributed by atoms with Crippen molar-refractivity contribution < 1.29 is 13.2 Å². The van der Waals surface area contributed by atoms with Crippen LogP contribution in [-0.4, -0.2) is 6.67 Å². The zero-order valence-corrected chi connectivity index (χ0v) is 7.28. The average Bonchev–Trinajstić information content (AvgIpc) is 2.02. The Kier molecular flexibility index (Phi) is 3.17. The van der Waals surface area contributed by atoms with E-state index in [4.69, 9.17) is 17.3 Å². The van der Waals surface area contributed by atoms with Gasteiger partial charge in [0, 0.05) is 10.6 Å². The van der Waals surface area contributed by atoms with E-state index in [9.17, 15) is 13.2 Å². The Morgan fingerprint density at radius 3 is 2.15 bits per heavy atom. The molecule has 1 aromatic carbocycles. The Morgan fingerprint density at radius 1 is 1.31 bits per heavy atom. The van der Waals surface area contributed by atoms with E-state index in [2.05, 4.69) is 0 Å². The van der Waals surface area contributed by atoms with Gasteiger partial charge in [0.2, 0.25) is 0 Å². The summed E-state index contributed by atoms with van der Waals surface area (Å²) in [5, 5.41) is -0.0789. The molecule has 1 rings (SSSR count). The number of rotatable bonds is 2. The van der Waals surface area contributed by atoms with E-state index < -0.39 is 29.9 Å². The van der Waals surface area contributed by atoms with Crippen molar-refractivity contribution in [2.45, 2.75) is 6.04 Å². The van der Waals surface area contributed by atoms with Crippen LogP contribution in [-0.2, 0) is 0 Å². The van der Waals surface area contributed by atoms with Gasteiger partial charge in [0.1, 0.15) is 18.3 Å². The fourth-order valence-electron chi connectivity index (χ4n) is 0.985. The Labute approximate surface area is 78.3 Å². The molecule has 1 aromatic rings. The standard InChI is InChI=1S/C8H7ClF3N/c9-4-1-5(11)8(6(12)2-4)7(13)3-10/h1-2,7H,3,13H2/t7-/m0/s1. The minimum absolute atomic E-state index is 0.0789. The van der Waals surface area contributed by atoms with Crippen LogP contribution in [0.2, 0.25) is 5.02 Å². The SMILES string of the molecule is N[C@@H](CF)c1c(F)cc(Cl)cc1F. The zero-order valence-electron chi connectivity index (χ0n) is 6.53. The van der Waals surface area contributed by atoms with Gasteiger partial charge < -0.3 is 5.73 Å². The van der Waals surface area contributed by atoms with Crippen LogP contribution >= 0.6 is 11.6 Å². The van der Waals surface area contributed by atoms with E-state index in [1.807, 2.05) is 0 Å². The largest absolute Gasteiger partial charge is 0.322 e. The Hall–Kier alpha value is -0.740. The first kappa shape index (κ1) is 10.3. The van der Waals surface area contributed by atoms with Gasteiger partial charge >= 0.3 is 0 Å². The number of benzene rings is 1. The van der Waals surface area contributed by atoms with Gasteiger partial charge in [-0.25, -0.2) is 13.2 Å². The number of nitrogens with two attached hydrogens (primary N) is 1. The summed E-state index contributed by atoms with van der Waals surface area (Å²) in [6.07, 6.45) is 0. The van der Waals surface area contributed by atoms with Crippen molar-refractivity contribution in [2.24, 2.45) is 5.73 Å². The Balaban J connectivity index is 3.20. The zero-order chi connectivity index (χ0) is 10.0. The van der Waals surface area contributed by atoms with Gasteiger partial charge in [-0.1, -0.05) is 11.6 Å². The highest BCUT2D eigenvalue weighted by Gasteiger charge is 2.17. The summed E-state index contributed by atoms with van der Waals surface area (Å²) >= 11 is 5.36. The molecule has 1 atom stereocenters. The lowest BCUT2D eigenvalue weighted by molar-refractivity contribution is 0.413. The van der Waals surface area contributed by atoms with E-state index in [-0.39, 0.29) is 5.02 Å². The van der Waals surface area contributed by atoms with Crippen molar-refractivity contribution in [3.8, 4) is 0 Å². The third-order valence-electron chi connectivity index (χ3n) is 1.58. The van der Waals surface area contributed by atoms with Crippen molar-refractivity contribution in [1.29, 1.82) is 0 Å². The third-order valence-corrected chi connectivity index (χ3v) is 1.80. The molecular weight excluding hydrogens is 203 g/mol. The molecule has 0 saturated heterocycles. The minimum atomic E-state index is -1.28. The Morgan fingerprint density at radius 2 is 1.77 bits per heavy atom. The van der Waals surface area contributed by atoms with Crippen LogP contribution in [0.1, 0.15) is 11.6 Å². The lowest BCUT2D eigenvalue weighted by Gasteiger charge is -2.09. The monoisotopic (exact) mass is 209 g/mol. The molecule has 0 aromatic heterocycles. The lowest BCUT2D eigenvalue weighted by Crippen LogP contribution is -2.16. The first-order chi connectivity index (χ1) is 6.06. The van der Waals surface area contributed by atoms with Gasteiger partial charge in [-0.15, -0.1) is 0 Å². The smallest absolute Gasteiger partial charge is 0.132 e. The predicted octanol–water partition coefficient (Wildman–Crippen LogP) is 2.59. The van der Waals surface area contributed by atoms with Crippen LogP contribution in [0.5, 0.6) is 0 Å². The molecule has 72 valence electrons. The number of alkyl halides is 1. The summed E-state index contributed by atoms with van der Waals surface area (Å²) in [6.45, 7) is -1.02. The van der Waals surface area contributed by atoms with Crippen LogP contribution in [0.4, 0.5) is 13.2 Å². The summed E-state index contributed by atoms with van der Waals surface area (Å²) in [5.41, 5.74) is 4.68. The van der Waals surface area contributed by atoms with Gasteiger partial charge in [-0.2, -0.15) is 0 Å². The van der Waals surface area contributed by atoms with E-state index in [1.165, 1.54) is 0 Å². The summed E-state index contributed by atoms with van der Waals surface area (Å²) in [7, 11) is 0. The topological polar surface area (TPSA) is 26.0 Å². The minimum Gasteiger partial charge on any atom is -0.322 e. The molecule has 0 unspecified atom stereocenters. The maximum Gasteiger partial charge on any atom is 0.132 e. The third kappa shape index (κ3) is 2.14. The summed E-state index contributed by atoms with van der Waals surface area (Å²) in [5.74, 6) is -1.84. The van der Waals surface area contributed by atoms with E-state index in [0.29, 0.717) is 0 Å². The highest BCUT2D eigenvalue weighted by Crippen LogP contribution is 2.23. The van der Waals surface area contributed by atoms with Gasteiger partial charge in [-0.05, 0) is 12.1 Å². The summed E-state index contributed by atoms with van der Waals surface area (Å²) in [4.78, 5) is 0. The molecule has 2 N–H and O–H groups in total. The second-order valence-electron chi connectivity index (χ2n) is 2.54. The molecular formula is C8H7ClF3N. The second kappa shape index (κ2) is 3.98. The van der Waals surface area contributed by atoms with Crippen LogP contribution < -0.4 is 5.73 Å². The van der Waals surface area contributed by atoms with Crippen LogP contribution in [0.25, 0.3) is 0 Å². The van der Waals surface area contributed by atoms with Gasteiger partial charge in [0.25, 0.3) is 0 Å². The van der Waals surface area contributed by atoms with Gasteiger partial charge in [-0.3, -0.25) is 0 Å². The fourth-order valence-corrected chi connectivity index (χ4v) is 1.18. The molecule has 0 spiro atoms. The van der Waals surface area contributed by atoms with E-state index in [0.717, 1.165) is 12.1 Å². The Bertz CT molecular complexity index is 293. The van der Waals surface area contributed by atoms with Crippen molar-refractivity contribution in [3.05, 3.63) is 34.4 Å². The molecule has 0 fully saturated rings. The molecule has 0 saturated carbocycles. The first-order valence-corrected chi connectivity index (χ1v) is 3.90. The molecule has 13 heavy (non-hydrogen) atoms.